The number of hydrogen-bond acceptors (Lipinski definition) is 4. The van der Waals surface area contributed by atoms with Crippen LogP contribution in [-0.2, 0) is 11.8 Å². The van der Waals surface area contributed by atoms with E-state index in [9.17, 15) is 4.79 Å². The smallest absolute Gasteiger partial charge is 0.338 e. The zero-order chi connectivity index (χ0) is 17.1. The SMILES string of the molecule is C#CCC(OC(=O)c1ccc2c(c1)nc(C)n2C)c1ccccn1. The number of carbonyl (C=O) groups is 1. The van der Waals surface area contributed by atoms with Gasteiger partial charge in [-0.3, -0.25) is 4.98 Å². The third kappa shape index (κ3) is 2.99. The standard InChI is InChI=1S/C19H17N3O2/c1-4-7-18(15-8-5-6-11-20-15)24-19(23)14-9-10-17-16(12-14)21-13(2)22(17)3/h1,5-6,8-12,18H,7H2,2-3H3. The Morgan fingerprint density at radius 1 is 1.38 bits per heavy atom. The van der Waals surface area contributed by atoms with Gasteiger partial charge in [0.15, 0.2) is 6.10 Å². The topological polar surface area (TPSA) is 57.0 Å². The molecular weight excluding hydrogens is 302 g/mol. The quantitative estimate of drug-likeness (QED) is 0.547. The van der Waals surface area contributed by atoms with Gasteiger partial charge in [0.25, 0.3) is 0 Å². The Balaban J connectivity index is 1.86. The van der Waals surface area contributed by atoms with E-state index in [4.69, 9.17) is 11.2 Å². The Morgan fingerprint density at radius 2 is 2.21 bits per heavy atom. The Kier molecular flexibility index (Phi) is 4.30. The molecule has 0 aliphatic rings. The first-order valence-corrected chi connectivity index (χ1v) is 7.58. The van der Waals surface area contributed by atoms with Gasteiger partial charge < -0.3 is 9.30 Å². The summed E-state index contributed by atoms with van der Waals surface area (Å²) < 4.78 is 7.54. The lowest BCUT2D eigenvalue weighted by Crippen LogP contribution is -2.12. The highest BCUT2D eigenvalue weighted by molar-refractivity contribution is 5.93. The second kappa shape index (κ2) is 6.55. The van der Waals surface area contributed by atoms with Gasteiger partial charge in [0.05, 0.1) is 28.7 Å². The van der Waals surface area contributed by atoms with Crippen LogP contribution in [0, 0.1) is 19.3 Å². The lowest BCUT2D eigenvalue weighted by Gasteiger charge is -2.15. The van der Waals surface area contributed by atoms with Crippen LogP contribution in [0.3, 0.4) is 0 Å². The largest absolute Gasteiger partial charge is 0.451 e. The van der Waals surface area contributed by atoms with E-state index >= 15 is 0 Å². The summed E-state index contributed by atoms with van der Waals surface area (Å²) >= 11 is 0. The number of aryl methyl sites for hydroxylation is 2. The maximum absolute atomic E-state index is 12.5. The zero-order valence-corrected chi connectivity index (χ0v) is 13.6. The van der Waals surface area contributed by atoms with Crippen LogP contribution in [0.15, 0.2) is 42.6 Å². The molecule has 5 nitrogen and oxygen atoms in total. The molecule has 2 aromatic heterocycles. The highest BCUT2D eigenvalue weighted by Crippen LogP contribution is 2.22. The van der Waals surface area contributed by atoms with Gasteiger partial charge in [-0.1, -0.05) is 6.07 Å². The maximum Gasteiger partial charge on any atom is 0.338 e. The van der Waals surface area contributed by atoms with Gasteiger partial charge in [0, 0.05) is 13.2 Å². The molecule has 1 atom stereocenters. The first-order chi connectivity index (χ1) is 11.6. The summed E-state index contributed by atoms with van der Waals surface area (Å²) in [4.78, 5) is 21.1. The molecule has 0 fully saturated rings. The number of fused-ring (bicyclic) bond motifs is 1. The van der Waals surface area contributed by atoms with Crippen molar-refractivity contribution in [2.75, 3.05) is 0 Å². The first-order valence-electron chi connectivity index (χ1n) is 7.58. The van der Waals surface area contributed by atoms with E-state index in [0.717, 1.165) is 16.9 Å². The van der Waals surface area contributed by atoms with Crippen molar-refractivity contribution in [2.24, 2.45) is 7.05 Å². The molecule has 0 saturated heterocycles. The lowest BCUT2D eigenvalue weighted by molar-refractivity contribution is 0.0299. The van der Waals surface area contributed by atoms with Crippen LogP contribution in [0.1, 0.15) is 34.4 Å². The summed E-state index contributed by atoms with van der Waals surface area (Å²) in [6, 6.07) is 10.8. The molecule has 24 heavy (non-hydrogen) atoms. The van der Waals surface area contributed by atoms with Crippen LogP contribution in [0.25, 0.3) is 11.0 Å². The summed E-state index contributed by atoms with van der Waals surface area (Å²) in [6.07, 6.45) is 6.75. The molecule has 0 amide bonds. The average molecular weight is 319 g/mol. The Labute approximate surface area is 140 Å². The van der Waals surface area contributed by atoms with Gasteiger partial charge in [-0.05, 0) is 37.3 Å². The van der Waals surface area contributed by atoms with E-state index in [1.807, 2.05) is 30.7 Å². The third-order valence-electron chi connectivity index (χ3n) is 3.91. The monoisotopic (exact) mass is 319 g/mol. The molecule has 0 saturated carbocycles. The second-order valence-corrected chi connectivity index (χ2v) is 5.48. The van der Waals surface area contributed by atoms with Crippen molar-refractivity contribution in [3.05, 3.63) is 59.7 Å². The lowest BCUT2D eigenvalue weighted by atomic mass is 10.1. The Morgan fingerprint density at radius 3 is 2.92 bits per heavy atom. The number of nitrogens with zero attached hydrogens (tertiary/aromatic N) is 3. The molecule has 0 radical (unpaired) electrons. The predicted octanol–water partition coefficient (Wildman–Crippen LogP) is 3.20. The minimum absolute atomic E-state index is 0.272. The zero-order valence-electron chi connectivity index (χ0n) is 13.6. The summed E-state index contributed by atoms with van der Waals surface area (Å²) in [5.74, 6) is 2.98. The minimum Gasteiger partial charge on any atom is -0.451 e. The highest BCUT2D eigenvalue weighted by Gasteiger charge is 2.19. The fraction of sp³-hybridized carbons (Fsp3) is 0.211. The van der Waals surface area contributed by atoms with Crippen molar-refractivity contribution >= 4 is 17.0 Å². The van der Waals surface area contributed by atoms with Crippen molar-refractivity contribution in [3.8, 4) is 12.3 Å². The molecule has 5 heteroatoms. The van der Waals surface area contributed by atoms with Gasteiger partial charge >= 0.3 is 5.97 Å². The third-order valence-corrected chi connectivity index (χ3v) is 3.91. The van der Waals surface area contributed by atoms with Gasteiger partial charge in [0.1, 0.15) is 5.82 Å². The average Bonchev–Trinajstić information content (AvgIpc) is 2.89. The highest BCUT2D eigenvalue weighted by atomic mass is 16.5. The summed E-state index contributed by atoms with van der Waals surface area (Å²) in [6.45, 7) is 1.92. The van der Waals surface area contributed by atoms with Crippen LogP contribution >= 0.6 is 0 Å². The Bertz CT molecular complexity index is 923. The van der Waals surface area contributed by atoms with Crippen molar-refractivity contribution in [1.29, 1.82) is 0 Å². The van der Waals surface area contributed by atoms with Gasteiger partial charge in [-0.25, -0.2) is 9.78 Å². The van der Waals surface area contributed by atoms with Crippen LogP contribution in [0.2, 0.25) is 0 Å². The molecule has 3 aromatic rings. The van der Waals surface area contributed by atoms with E-state index in [1.165, 1.54) is 0 Å². The molecule has 0 aliphatic heterocycles. The number of benzene rings is 1. The molecule has 0 aliphatic carbocycles. The fourth-order valence-corrected chi connectivity index (χ4v) is 2.52. The van der Waals surface area contributed by atoms with Crippen molar-refractivity contribution < 1.29 is 9.53 Å². The molecule has 1 unspecified atom stereocenters. The molecule has 0 spiro atoms. The summed E-state index contributed by atoms with van der Waals surface area (Å²) in [7, 11) is 1.94. The first kappa shape index (κ1) is 15.8. The normalized spacial score (nSPS) is 11.9. The minimum atomic E-state index is -0.565. The second-order valence-electron chi connectivity index (χ2n) is 5.48. The number of rotatable bonds is 4. The molecule has 0 N–H and O–H groups in total. The number of ether oxygens (including phenoxy) is 1. The molecule has 1 aromatic carbocycles. The molecule has 0 bridgehead atoms. The van der Waals surface area contributed by atoms with Crippen molar-refractivity contribution in [2.45, 2.75) is 19.4 Å². The number of esters is 1. The summed E-state index contributed by atoms with van der Waals surface area (Å²) in [5.41, 5.74) is 2.81. The van der Waals surface area contributed by atoms with Gasteiger partial charge in [0.2, 0.25) is 0 Å². The Hall–Kier alpha value is -3.13. The fourth-order valence-electron chi connectivity index (χ4n) is 2.52. The van der Waals surface area contributed by atoms with E-state index in [-0.39, 0.29) is 6.42 Å². The van der Waals surface area contributed by atoms with Crippen LogP contribution in [-0.4, -0.2) is 20.5 Å². The molecule has 2 heterocycles. The van der Waals surface area contributed by atoms with Crippen molar-refractivity contribution in [1.82, 2.24) is 14.5 Å². The van der Waals surface area contributed by atoms with E-state index in [0.29, 0.717) is 11.3 Å². The number of carbonyl (C=O) groups excluding carboxylic acids is 1. The number of hydrogen-bond donors (Lipinski definition) is 0. The van der Waals surface area contributed by atoms with Crippen molar-refractivity contribution in [3.63, 3.8) is 0 Å². The van der Waals surface area contributed by atoms with E-state index in [2.05, 4.69) is 15.9 Å². The van der Waals surface area contributed by atoms with Crippen LogP contribution < -0.4 is 0 Å². The number of aromatic nitrogens is 3. The van der Waals surface area contributed by atoms with Gasteiger partial charge in [-0.15, -0.1) is 12.3 Å². The van der Waals surface area contributed by atoms with E-state index < -0.39 is 12.1 Å². The summed E-state index contributed by atoms with van der Waals surface area (Å²) in [5, 5.41) is 0. The molecule has 120 valence electrons. The van der Waals surface area contributed by atoms with Crippen LogP contribution in [0.5, 0.6) is 0 Å². The molecule has 3 rings (SSSR count). The van der Waals surface area contributed by atoms with Gasteiger partial charge in [-0.2, -0.15) is 0 Å². The predicted molar refractivity (Wildman–Crippen MR) is 91.3 cm³/mol. The number of terminal acetylenes is 1. The van der Waals surface area contributed by atoms with Crippen LogP contribution in [0.4, 0.5) is 0 Å². The molecular formula is C19H17N3O2. The maximum atomic E-state index is 12.5. The number of imidazole rings is 1. The van der Waals surface area contributed by atoms with E-state index in [1.54, 1.807) is 30.5 Å². The number of pyridine rings is 1.